The molecule has 0 bridgehead atoms. The van der Waals surface area contributed by atoms with Crippen molar-refractivity contribution in [2.45, 2.75) is 6.61 Å². The van der Waals surface area contributed by atoms with Crippen molar-refractivity contribution in [3.63, 3.8) is 0 Å². The van der Waals surface area contributed by atoms with Gasteiger partial charge in [-0.1, -0.05) is 23.2 Å². The van der Waals surface area contributed by atoms with E-state index in [0.717, 1.165) is 13.1 Å². The van der Waals surface area contributed by atoms with Crippen LogP contribution in [0.4, 0.5) is 16.2 Å². The predicted molar refractivity (Wildman–Crippen MR) is 144 cm³/mol. The van der Waals surface area contributed by atoms with E-state index in [1.54, 1.807) is 29.2 Å². The normalized spacial score (nSPS) is 13.8. The van der Waals surface area contributed by atoms with E-state index in [9.17, 15) is 4.79 Å². The highest BCUT2D eigenvalue weighted by atomic mass is 35.5. The number of anilines is 2. The number of nitrogens with one attached hydrogen (secondary N) is 2. The third kappa shape index (κ3) is 6.22. The lowest BCUT2D eigenvalue weighted by molar-refractivity contribution is 0.164. The number of rotatable bonds is 7. The number of nitrogens with zero attached hydrogens (tertiary/aromatic N) is 4. The lowest BCUT2D eigenvalue weighted by Crippen LogP contribution is -2.48. The van der Waals surface area contributed by atoms with Crippen LogP contribution in [0.2, 0.25) is 10.0 Å². The average molecular weight is 544 g/mol. The summed E-state index contributed by atoms with van der Waals surface area (Å²) in [5.41, 5.74) is 8.53. The smallest absolute Gasteiger partial charge is 0.322 e. The minimum atomic E-state index is -0.250. The molecule has 0 saturated carbocycles. The van der Waals surface area contributed by atoms with Crippen LogP contribution in [0.3, 0.4) is 0 Å². The van der Waals surface area contributed by atoms with E-state index in [-0.39, 0.29) is 24.2 Å². The number of methoxy groups -OCH3 is 1. The van der Waals surface area contributed by atoms with Gasteiger partial charge in [-0.25, -0.2) is 9.78 Å². The Morgan fingerprint density at radius 3 is 2.51 bits per heavy atom. The number of carbonyl (C=O) groups is 1. The van der Waals surface area contributed by atoms with Gasteiger partial charge in [0.05, 0.1) is 22.9 Å². The number of aromatic nitrogens is 2. The third-order valence-electron chi connectivity index (χ3n) is 5.99. The van der Waals surface area contributed by atoms with Gasteiger partial charge < -0.3 is 30.3 Å². The summed E-state index contributed by atoms with van der Waals surface area (Å²) in [5.74, 6) is 0.721. The highest BCUT2D eigenvalue weighted by Crippen LogP contribution is 2.29. The number of likely N-dealkylation sites (N-methyl/N-ethyl adjacent to an activating group) is 1. The lowest BCUT2D eigenvalue weighted by Gasteiger charge is -2.32. The number of amides is 2. The van der Waals surface area contributed by atoms with Crippen molar-refractivity contribution in [3.05, 3.63) is 69.6 Å². The Morgan fingerprint density at radius 2 is 1.84 bits per heavy atom. The summed E-state index contributed by atoms with van der Waals surface area (Å²) in [6.07, 6.45) is 4.48. The fourth-order valence-corrected chi connectivity index (χ4v) is 4.25. The molecule has 4 N–H and O–H groups in total. The summed E-state index contributed by atoms with van der Waals surface area (Å²) < 4.78 is 11.2. The molecule has 37 heavy (non-hydrogen) atoms. The molecular weight excluding hydrogens is 517 g/mol. The molecule has 0 radical (unpaired) electrons. The standard InChI is InChI=1S/C25H27Cl2N7O3/c1-33-5-7-34(8-6-33)25(35)32-22-9-15(11-31-24(22)36-2)23(29)17-10-16(3-4-21(17)28)37-14-18-19(26)12-30-13-20(18)27/h3-4,9-13,29H,5-8,14,28H2,1-2H3,(H,32,35). The Kier molecular flexibility index (Phi) is 8.32. The zero-order valence-corrected chi connectivity index (χ0v) is 21.9. The van der Waals surface area contributed by atoms with Crippen molar-refractivity contribution in [2.75, 3.05) is 51.4 Å². The monoisotopic (exact) mass is 543 g/mol. The van der Waals surface area contributed by atoms with E-state index >= 15 is 0 Å². The van der Waals surface area contributed by atoms with Crippen molar-refractivity contribution in [3.8, 4) is 11.6 Å². The molecule has 2 amide bonds. The van der Waals surface area contributed by atoms with Crippen molar-refractivity contribution in [2.24, 2.45) is 0 Å². The molecule has 1 aliphatic rings. The Balaban J connectivity index is 1.53. The minimum Gasteiger partial charge on any atom is -0.489 e. The Bertz CT molecular complexity index is 1290. The van der Waals surface area contributed by atoms with Gasteiger partial charge in [0.2, 0.25) is 5.88 Å². The second kappa shape index (κ2) is 11.6. The quantitative estimate of drug-likeness (QED) is 0.301. The maximum absolute atomic E-state index is 12.8. The predicted octanol–water partition coefficient (Wildman–Crippen LogP) is 4.15. The maximum atomic E-state index is 12.8. The number of halogens is 2. The molecule has 0 spiro atoms. The van der Waals surface area contributed by atoms with Crippen LogP contribution in [0.5, 0.6) is 11.6 Å². The second-order valence-electron chi connectivity index (χ2n) is 8.50. The number of urea groups is 1. The number of ether oxygens (including phenoxy) is 2. The zero-order chi connectivity index (χ0) is 26.5. The number of pyridine rings is 2. The van der Waals surface area contributed by atoms with Crippen LogP contribution in [0.1, 0.15) is 16.7 Å². The fourth-order valence-electron chi connectivity index (χ4n) is 3.77. The molecule has 0 unspecified atom stereocenters. The number of piperazine rings is 1. The first-order valence-electron chi connectivity index (χ1n) is 11.4. The van der Waals surface area contributed by atoms with Gasteiger partial charge in [-0.3, -0.25) is 10.4 Å². The van der Waals surface area contributed by atoms with Gasteiger partial charge >= 0.3 is 6.03 Å². The van der Waals surface area contributed by atoms with E-state index in [1.165, 1.54) is 25.7 Å². The number of benzene rings is 1. The lowest BCUT2D eigenvalue weighted by atomic mass is 10.0. The molecule has 0 aliphatic carbocycles. The number of nitrogens with two attached hydrogens (primary N) is 1. The van der Waals surface area contributed by atoms with Crippen LogP contribution in [-0.4, -0.2) is 71.8 Å². The average Bonchev–Trinajstić information content (AvgIpc) is 2.89. The first-order chi connectivity index (χ1) is 17.8. The molecule has 1 saturated heterocycles. The topological polar surface area (TPSA) is 130 Å². The van der Waals surface area contributed by atoms with Crippen LogP contribution in [0.15, 0.2) is 42.9 Å². The van der Waals surface area contributed by atoms with Gasteiger partial charge in [0, 0.05) is 67.1 Å². The fraction of sp³-hybridized carbons (Fsp3) is 0.280. The molecule has 3 aromatic rings. The number of hydrogen-bond donors (Lipinski definition) is 3. The molecule has 4 rings (SSSR count). The number of carbonyl (C=O) groups excluding carboxylic acids is 1. The highest BCUT2D eigenvalue weighted by molar-refractivity contribution is 6.35. The van der Waals surface area contributed by atoms with Gasteiger partial charge in [-0.15, -0.1) is 0 Å². The Morgan fingerprint density at radius 1 is 1.14 bits per heavy atom. The van der Waals surface area contributed by atoms with Crippen LogP contribution < -0.4 is 20.5 Å². The van der Waals surface area contributed by atoms with Gasteiger partial charge in [-0.2, -0.15) is 0 Å². The molecule has 2 aromatic heterocycles. The van der Waals surface area contributed by atoms with E-state index in [1.807, 2.05) is 7.05 Å². The summed E-state index contributed by atoms with van der Waals surface area (Å²) in [7, 11) is 3.49. The van der Waals surface area contributed by atoms with Crippen LogP contribution in [-0.2, 0) is 6.61 Å². The summed E-state index contributed by atoms with van der Waals surface area (Å²) in [5, 5.41) is 12.5. The summed E-state index contributed by atoms with van der Waals surface area (Å²) in [6.45, 7) is 2.94. The Hall–Kier alpha value is -3.60. The van der Waals surface area contributed by atoms with Crippen LogP contribution in [0, 0.1) is 5.41 Å². The van der Waals surface area contributed by atoms with Crippen molar-refractivity contribution < 1.29 is 14.3 Å². The molecule has 1 aromatic carbocycles. The van der Waals surface area contributed by atoms with Crippen molar-refractivity contribution >= 4 is 46.3 Å². The summed E-state index contributed by atoms with van der Waals surface area (Å²) >= 11 is 12.4. The second-order valence-corrected chi connectivity index (χ2v) is 9.31. The molecule has 1 aliphatic heterocycles. The first-order valence-corrected chi connectivity index (χ1v) is 12.2. The summed E-state index contributed by atoms with van der Waals surface area (Å²) in [4.78, 5) is 25.0. The minimum absolute atomic E-state index is 0.105. The van der Waals surface area contributed by atoms with Gasteiger partial charge in [-0.05, 0) is 31.3 Å². The number of hydrogen-bond acceptors (Lipinski definition) is 8. The zero-order valence-electron chi connectivity index (χ0n) is 20.4. The van der Waals surface area contributed by atoms with E-state index in [4.69, 9.17) is 43.8 Å². The van der Waals surface area contributed by atoms with Gasteiger partial charge in [0.1, 0.15) is 18.0 Å². The highest BCUT2D eigenvalue weighted by Gasteiger charge is 2.21. The summed E-state index contributed by atoms with van der Waals surface area (Å²) in [6, 6.07) is 6.41. The molecule has 0 atom stereocenters. The van der Waals surface area contributed by atoms with Crippen molar-refractivity contribution in [1.82, 2.24) is 19.8 Å². The molecule has 10 nitrogen and oxygen atoms in total. The van der Waals surface area contributed by atoms with E-state index < -0.39 is 0 Å². The van der Waals surface area contributed by atoms with Crippen LogP contribution in [0.25, 0.3) is 0 Å². The van der Waals surface area contributed by atoms with Crippen molar-refractivity contribution in [1.29, 1.82) is 5.41 Å². The van der Waals surface area contributed by atoms with E-state index in [0.29, 0.717) is 56.9 Å². The SMILES string of the molecule is COc1ncc(C(=N)c2cc(OCc3c(Cl)cncc3Cl)ccc2N)cc1NC(=O)N1CCN(C)CC1. The maximum Gasteiger partial charge on any atom is 0.322 e. The third-order valence-corrected chi connectivity index (χ3v) is 6.65. The molecular formula is C25H27Cl2N7O3. The van der Waals surface area contributed by atoms with E-state index in [2.05, 4.69) is 20.2 Å². The largest absolute Gasteiger partial charge is 0.489 e. The first kappa shape index (κ1) is 26.5. The molecule has 12 heteroatoms. The number of nitrogen functional groups attached to an aromatic ring is 1. The van der Waals surface area contributed by atoms with Crippen LogP contribution >= 0.6 is 23.2 Å². The molecule has 194 valence electrons. The van der Waals surface area contributed by atoms with Gasteiger partial charge in [0.25, 0.3) is 0 Å². The van der Waals surface area contributed by atoms with Gasteiger partial charge in [0.15, 0.2) is 0 Å². The Labute approximate surface area is 224 Å². The molecule has 3 heterocycles. The molecule has 1 fully saturated rings.